The average Bonchev–Trinajstić information content (AvgIpc) is 2.78. The molecule has 1 saturated heterocycles. The second kappa shape index (κ2) is 9.74. The van der Waals surface area contributed by atoms with Crippen molar-refractivity contribution >= 4 is 29.4 Å². The van der Waals surface area contributed by atoms with E-state index in [9.17, 15) is 24.6 Å². The van der Waals surface area contributed by atoms with Crippen LogP contribution in [0.15, 0.2) is 48.5 Å². The van der Waals surface area contributed by atoms with Crippen molar-refractivity contribution in [3.8, 4) is 0 Å². The molecule has 3 rings (SSSR count). The first kappa shape index (κ1) is 25.7. The van der Waals surface area contributed by atoms with Crippen LogP contribution in [0.25, 0.3) is 0 Å². The third-order valence-electron chi connectivity index (χ3n) is 6.49. The molecular formula is C25H29ClN2O6. The van der Waals surface area contributed by atoms with Crippen LogP contribution in [0.1, 0.15) is 53.5 Å². The number of benzene rings is 2. The number of carboxylic acid groups (broad SMARTS) is 1. The van der Waals surface area contributed by atoms with E-state index in [1.807, 2.05) is 13.8 Å². The Labute approximate surface area is 203 Å². The molecule has 0 radical (unpaired) electrons. The average molecular weight is 489 g/mol. The number of halogens is 1. The molecule has 1 heterocycles. The molecule has 4 N–H and O–H groups in total. The lowest BCUT2D eigenvalue weighted by Gasteiger charge is -2.51. The Morgan fingerprint density at radius 1 is 1.09 bits per heavy atom. The zero-order valence-corrected chi connectivity index (χ0v) is 20.0. The van der Waals surface area contributed by atoms with Gasteiger partial charge in [-0.25, -0.2) is 4.79 Å². The summed E-state index contributed by atoms with van der Waals surface area (Å²) >= 11 is 5.98. The second-order valence-corrected chi connectivity index (χ2v) is 9.77. The summed E-state index contributed by atoms with van der Waals surface area (Å²) in [6, 6.07) is 11.1. The monoisotopic (exact) mass is 488 g/mol. The van der Waals surface area contributed by atoms with E-state index in [0.29, 0.717) is 10.6 Å². The minimum absolute atomic E-state index is 0.0631. The first-order valence-corrected chi connectivity index (χ1v) is 11.3. The largest absolute Gasteiger partial charge is 0.478 e. The Morgan fingerprint density at radius 3 is 2.26 bits per heavy atom. The summed E-state index contributed by atoms with van der Waals surface area (Å²) in [5.74, 6) is -2.33. The summed E-state index contributed by atoms with van der Waals surface area (Å²) < 4.78 is 0. The van der Waals surface area contributed by atoms with E-state index in [-0.39, 0.29) is 30.6 Å². The number of hydrogen-bond acceptors (Lipinski definition) is 5. The summed E-state index contributed by atoms with van der Waals surface area (Å²) in [4.78, 5) is 38.8. The van der Waals surface area contributed by atoms with Crippen molar-refractivity contribution in [1.82, 2.24) is 10.2 Å². The number of hydrogen-bond donors (Lipinski definition) is 4. The molecule has 3 atom stereocenters. The highest BCUT2D eigenvalue weighted by Gasteiger charge is 2.50. The van der Waals surface area contributed by atoms with Crippen LogP contribution in [0.2, 0.25) is 5.02 Å². The van der Waals surface area contributed by atoms with Gasteiger partial charge in [0.1, 0.15) is 6.04 Å². The first-order chi connectivity index (χ1) is 15.9. The van der Waals surface area contributed by atoms with Crippen molar-refractivity contribution in [2.75, 3.05) is 13.1 Å². The molecule has 0 spiro atoms. The predicted molar refractivity (Wildman–Crippen MR) is 127 cm³/mol. The molecule has 1 aliphatic rings. The van der Waals surface area contributed by atoms with Gasteiger partial charge in [-0.05, 0) is 49.2 Å². The molecule has 34 heavy (non-hydrogen) atoms. The number of carboxylic acids is 1. The summed E-state index contributed by atoms with van der Waals surface area (Å²) in [6.07, 6.45) is -0.937. The SMILES string of the molecule is CC(O)[C@@H](NC(=O)c1cccc(C(=O)O)c1)C(=O)N1CC[C@](O)(c2ccc(Cl)cc2)C(C)(C)C1. The van der Waals surface area contributed by atoms with E-state index < -0.39 is 40.9 Å². The van der Waals surface area contributed by atoms with Crippen molar-refractivity contribution in [3.05, 3.63) is 70.2 Å². The highest BCUT2D eigenvalue weighted by atomic mass is 35.5. The van der Waals surface area contributed by atoms with Crippen LogP contribution in [0, 0.1) is 5.41 Å². The van der Waals surface area contributed by atoms with Crippen molar-refractivity contribution in [2.24, 2.45) is 5.41 Å². The topological polar surface area (TPSA) is 127 Å². The maximum atomic E-state index is 13.3. The van der Waals surface area contributed by atoms with Gasteiger partial charge < -0.3 is 25.5 Å². The highest BCUT2D eigenvalue weighted by Crippen LogP contribution is 2.46. The number of aromatic carboxylic acids is 1. The van der Waals surface area contributed by atoms with Crippen molar-refractivity contribution in [2.45, 2.75) is 44.9 Å². The van der Waals surface area contributed by atoms with Gasteiger partial charge in [-0.15, -0.1) is 0 Å². The number of piperidine rings is 1. The summed E-state index contributed by atoms with van der Waals surface area (Å²) in [6.45, 7) is 5.52. The zero-order valence-electron chi connectivity index (χ0n) is 19.3. The van der Waals surface area contributed by atoms with Crippen molar-refractivity contribution in [1.29, 1.82) is 0 Å². The highest BCUT2D eigenvalue weighted by molar-refractivity contribution is 6.30. The lowest BCUT2D eigenvalue weighted by Crippen LogP contribution is -2.61. The van der Waals surface area contributed by atoms with E-state index in [1.54, 1.807) is 24.3 Å². The molecule has 0 aromatic heterocycles. The molecular weight excluding hydrogens is 460 g/mol. The van der Waals surface area contributed by atoms with Crippen LogP contribution >= 0.6 is 11.6 Å². The Bertz CT molecular complexity index is 1090. The zero-order chi connectivity index (χ0) is 25.3. The van der Waals surface area contributed by atoms with Gasteiger partial charge in [-0.3, -0.25) is 9.59 Å². The van der Waals surface area contributed by atoms with Gasteiger partial charge in [0, 0.05) is 29.1 Å². The Morgan fingerprint density at radius 2 is 1.71 bits per heavy atom. The fourth-order valence-corrected chi connectivity index (χ4v) is 4.50. The quantitative estimate of drug-likeness (QED) is 0.495. The number of nitrogens with one attached hydrogen (secondary N) is 1. The smallest absolute Gasteiger partial charge is 0.335 e. The number of nitrogens with zero attached hydrogens (tertiary/aromatic N) is 1. The molecule has 182 valence electrons. The second-order valence-electron chi connectivity index (χ2n) is 9.34. The molecule has 1 unspecified atom stereocenters. The van der Waals surface area contributed by atoms with Gasteiger partial charge in [0.15, 0.2) is 0 Å². The Balaban J connectivity index is 1.78. The minimum atomic E-state index is -1.24. The normalized spacial score (nSPS) is 21.4. The summed E-state index contributed by atoms with van der Waals surface area (Å²) in [7, 11) is 0. The number of aliphatic hydroxyl groups excluding tert-OH is 1. The molecule has 1 aliphatic heterocycles. The number of carbonyl (C=O) groups is 3. The molecule has 2 amide bonds. The fourth-order valence-electron chi connectivity index (χ4n) is 4.37. The van der Waals surface area contributed by atoms with Crippen LogP contribution in [0.5, 0.6) is 0 Å². The number of rotatable bonds is 6. The maximum Gasteiger partial charge on any atom is 0.335 e. The van der Waals surface area contributed by atoms with Gasteiger partial charge in [-0.2, -0.15) is 0 Å². The van der Waals surface area contributed by atoms with Crippen LogP contribution in [-0.2, 0) is 10.4 Å². The van der Waals surface area contributed by atoms with E-state index >= 15 is 0 Å². The first-order valence-electron chi connectivity index (χ1n) is 11.0. The molecule has 9 heteroatoms. The van der Waals surface area contributed by atoms with Gasteiger partial charge in [0.25, 0.3) is 5.91 Å². The fraction of sp³-hybridized carbons (Fsp3) is 0.400. The van der Waals surface area contributed by atoms with Crippen LogP contribution < -0.4 is 5.32 Å². The van der Waals surface area contributed by atoms with Gasteiger partial charge in [0.05, 0.1) is 17.3 Å². The number of amides is 2. The third kappa shape index (κ3) is 5.09. The lowest BCUT2D eigenvalue weighted by molar-refractivity contribution is -0.156. The van der Waals surface area contributed by atoms with Crippen LogP contribution in [0.3, 0.4) is 0 Å². The standard InChI is InChI=1S/C25H29ClN2O6/c1-15(29)20(27-21(30)16-5-4-6-17(13-16)23(32)33)22(31)28-12-11-25(34,24(2,3)14-28)18-7-9-19(26)10-8-18/h4-10,13,15,20,29,34H,11-12,14H2,1-3H3,(H,27,30)(H,32,33)/t15?,20-,25+/m1/s1. The van der Waals surface area contributed by atoms with Crippen molar-refractivity contribution in [3.63, 3.8) is 0 Å². The van der Waals surface area contributed by atoms with Gasteiger partial charge in [-0.1, -0.05) is 43.6 Å². The van der Waals surface area contributed by atoms with E-state index in [2.05, 4.69) is 5.32 Å². The Kier molecular flexibility index (Phi) is 7.35. The van der Waals surface area contributed by atoms with Crippen molar-refractivity contribution < 1.29 is 29.7 Å². The predicted octanol–water partition coefficient (Wildman–Crippen LogP) is 2.66. The molecule has 2 aromatic carbocycles. The van der Waals surface area contributed by atoms with Gasteiger partial charge in [0.2, 0.25) is 5.91 Å². The maximum absolute atomic E-state index is 13.3. The van der Waals surface area contributed by atoms with Crippen LogP contribution in [-0.4, -0.2) is 63.2 Å². The molecule has 2 aromatic rings. The lowest BCUT2D eigenvalue weighted by atomic mass is 9.66. The summed E-state index contributed by atoms with van der Waals surface area (Å²) in [5, 5.41) is 34.0. The minimum Gasteiger partial charge on any atom is -0.478 e. The molecule has 0 bridgehead atoms. The number of aliphatic hydroxyl groups is 2. The van der Waals surface area contributed by atoms with E-state index in [1.165, 1.54) is 36.1 Å². The molecule has 0 saturated carbocycles. The molecule has 8 nitrogen and oxygen atoms in total. The Hall–Kier alpha value is -2.94. The summed E-state index contributed by atoms with van der Waals surface area (Å²) in [5.41, 5.74) is -1.23. The van der Waals surface area contributed by atoms with Crippen LogP contribution in [0.4, 0.5) is 0 Å². The van der Waals surface area contributed by atoms with E-state index in [4.69, 9.17) is 16.7 Å². The van der Waals surface area contributed by atoms with E-state index in [0.717, 1.165) is 0 Å². The number of carbonyl (C=O) groups excluding carboxylic acids is 2. The third-order valence-corrected chi connectivity index (χ3v) is 6.74. The van der Waals surface area contributed by atoms with Gasteiger partial charge >= 0.3 is 5.97 Å². The molecule has 0 aliphatic carbocycles. The number of likely N-dealkylation sites (tertiary alicyclic amines) is 1. The molecule has 1 fully saturated rings.